The van der Waals surface area contributed by atoms with Crippen LogP contribution < -0.4 is 10.6 Å². The summed E-state index contributed by atoms with van der Waals surface area (Å²) < 4.78 is 3.25. The second kappa shape index (κ2) is 6.34. The first-order valence-electron chi connectivity index (χ1n) is 8.96. The van der Waals surface area contributed by atoms with Crippen LogP contribution in [0.3, 0.4) is 0 Å². The highest BCUT2D eigenvalue weighted by Gasteiger charge is 2.22. The molecule has 4 aromatic rings. The van der Waals surface area contributed by atoms with Crippen molar-refractivity contribution in [3.05, 3.63) is 42.9 Å². The van der Waals surface area contributed by atoms with Crippen molar-refractivity contribution in [3.8, 4) is 5.13 Å². The normalized spacial score (nSPS) is 16.0. The minimum Gasteiger partial charge on any atom is -0.356 e. The highest BCUT2D eigenvalue weighted by Crippen LogP contribution is 2.31. The predicted molar refractivity (Wildman–Crippen MR) is 106 cm³/mol. The Kier molecular flexibility index (Phi) is 3.83. The highest BCUT2D eigenvalue weighted by molar-refractivity contribution is 7.20. The smallest absolute Gasteiger partial charge is 0.196 e. The molecule has 7 heteroatoms. The van der Waals surface area contributed by atoms with Crippen LogP contribution in [0, 0.1) is 5.92 Å². The summed E-state index contributed by atoms with van der Waals surface area (Å²) in [6, 6.07) is 10.3. The zero-order valence-electron chi connectivity index (χ0n) is 14.4. The zero-order chi connectivity index (χ0) is 17.5. The number of fused-ring (bicyclic) bond motifs is 2. The molecule has 0 atom stereocenters. The molecule has 6 nitrogen and oxygen atoms in total. The van der Waals surface area contributed by atoms with Crippen LogP contribution in [0.15, 0.2) is 42.9 Å². The molecule has 0 unspecified atom stereocenters. The topological polar surface area (TPSA) is 72.9 Å². The average Bonchev–Trinajstić information content (AvgIpc) is 3.31. The first-order chi connectivity index (χ1) is 12.8. The first-order valence-corrected chi connectivity index (χ1v) is 9.78. The molecular weight excluding hydrogens is 344 g/mol. The van der Waals surface area contributed by atoms with Gasteiger partial charge < -0.3 is 10.6 Å². The van der Waals surface area contributed by atoms with E-state index in [9.17, 15) is 0 Å². The lowest BCUT2D eigenvalue weighted by Crippen LogP contribution is -2.36. The monoisotopic (exact) mass is 364 g/mol. The lowest BCUT2D eigenvalue weighted by atomic mass is 9.97. The molecule has 0 amide bonds. The molecule has 3 aromatic heterocycles. The Balaban J connectivity index is 1.55. The summed E-state index contributed by atoms with van der Waals surface area (Å²) in [6.07, 6.45) is 5.96. The fourth-order valence-electron chi connectivity index (χ4n) is 3.69. The fourth-order valence-corrected chi connectivity index (χ4v) is 4.64. The van der Waals surface area contributed by atoms with Gasteiger partial charge in [0.1, 0.15) is 12.1 Å². The van der Waals surface area contributed by atoms with Crippen LogP contribution in [-0.4, -0.2) is 39.2 Å². The second-order valence-corrected chi connectivity index (χ2v) is 7.76. The van der Waals surface area contributed by atoms with E-state index >= 15 is 0 Å². The van der Waals surface area contributed by atoms with E-state index < -0.39 is 0 Å². The van der Waals surface area contributed by atoms with E-state index in [2.05, 4.69) is 31.6 Å². The maximum atomic E-state index is 5.82. The van der Waals surface area contributed by atoms with Gasteiger partial charge in [-0.05, 0) is 43.5 Å². The molecule has 0 spiro atoms. The Morgan fingerprint density at radius 3 is 2.77 bits per heavy atom. The molecule has 0 radical (unpaired) electrons. The van der Waals surface area contributed by atoms with Gasteiger partial charge in [0.05, 0.1) is 15.6 Å². The van der Waals surface area contributed by atoms with E-state index in [4.69, 9.17) is 10.7 Å². The Hall–Kier alpha value is -2.51. The van der Waals surface area contributed by atoms with Gasteiger partial charge in [0.25, 0.3) is 0 Å². The molecule has 4 heterocycles. The third-order valence-corrected chi connectivity index (χ3v) is 6.23. The van der Waals surface area contributed by atoms with Gasteiger partial charge >= 0.3 is 0 Å². The van der Waals surface area contributed by atoms with E-state index in [-0.39, 0.29) is 0 Å². The van der Waals surface area contributed by atoms with Crippen LogP contribution in [0.25, 0.3) is 26.4 Å². The van der Waals surface area contributed by atoms with Crippen molar-refractivity contribution in [1.82, 2.24) is 19.5 Å². The van der Waals surface area contributed by atoms with Crippen LogP contribution in [0.1, 0.15) is 12.8 Å². The van der Waals surface area contributed by atoms with Crippen LogP contribution in [0.5, 0.6) is 0 Å². The number of thiazole rings is 1. The maximum Gasteiger partial charge on any atom is 0.196 e. The summed E-state index contributed by atoms with van der Waals surface area (Å²) in [4.78, 5) is 16.3. The molecule has 0 saturated carbocycles. The van der Waals surface area contributed by atoms with Gasteiger partial charge in [-0.15, -0.1) is 0 Å². The van der Waals surface area contributed by atoms with Crippen molar-refractivity contribution in [1.29, 1.82) is 0 Å². The summed E-state index contributed by atoms with van der Waals surface area (Å²) in [5.74, 6) is 1.65. The molecule has 1 aliphatic rings. The molecule has 5 rings (SSSR count). The number of piperidine rings is 1. The Labute approximate surface area is 155 Å². The largest absolute Gasteiger partial charge is 0.356 e. The summed E-state index contributed by atoms with van der Waals surface area (Å²) in [5.41, 5.74) is 7.76. The molecule has 1 saturated heterocycles. The number of benzene rings is 1. The van der Waals surface area contributed by atoms with Gasteiger partial charge in [-0.2, -0.15) is 0 Å². The second-order valence-electron chi connectivity index (χ2n) is 6.75. The number of anilines is 1. The lowest BCUT2D eigenvalue weighted by Gasteiger charge is -2.32. The van der Waals surface area contributed by atoms with Gasteiger partial charge in [0.15, 0.2) is 10.8 Å². The first kappa shape index (κ1) is 15.7. The summed E-state index contributed by atoms with van der Waals surface area (Å²) in [5, 5.41) is 2.02. The van der Waals surface area contributed by atoms with Crippen LogP contribution in [0.4, 0.5) is 5.82 Å². The summed E-state index contributed by atoms with van der Waals surface area (Å²) >= 11 is 1.68. The van der Waals surface area contributed by atoms with E-state index in [0.717, 1.165) is 60.0 Å². The van der Waals surface area contributed by atoms with E-state index in [1.165, 1.54) is 4.70 Å². The standard InChI is InChI=1S/C19H20N6S/c20-11-13-5-8-24(9-6-13)17-14-7-10-25(18(14)22-12-21-17)19-23-15-3-1-2-4-16(15)26-19/h1-4,7,10,12-13H,5-6,8-9,11,20H2. The molecule has 1 aromatic carbocycles. The average molecular weight is 364 g/mol. The van der Waals surface area contributed by atoms with Crippen molar-refractivity contribution in [2.24, 2.45) is 11.7 Å². The number of rotatable bonds is 3. The Bertz CT molecular complexity index is 1030. The maximum absolute atomic E-state index is 5.82. The van der Waals surface area contributed by atoms with Crippen LogP contribution in [0.2, 0.25) is 0 Å². The Morgan fingerprint density at radius 2 is 1.96 bits per heavy atom. The third kappa shape index (κ3) is 2.55. The molecule has 0 aliphatic carbocycles. The number of hydrogen-bond donors (Lipinski definition) is 1. The number of nitrogens with two attached hydrogens (primary N) is 1. The highest BCUT2D eigenvalue weighted by atomic mass is 32.1. The van der Waals surface area contributed by atoms with Crippen molar-refractivity contribution >= 4 is 38.4 Å². The minimum absolute atomic E-state index is 0.635. The number of hydrogen-bond acceptors (Lipinski definition) is 6. The van der Waals surface area contributed by atoms with Gasteiger partial charge in [0.2, 0.25) is 0 Å². The van der Waals surface area contributed by atoms with Gasteiger partial charge in [-0.3, -0.25) is 4.57 Å². The van der Waals surface area contributed by atoms with Crippen molar-refractivity contribution in [2.45, 2.75) is 12.8 Å². The molecule has 26 heavy (non-hydrogen) atoms. The molecule has 1 fully saturated rings. The third-order valence-electron chi connectivity index (χ3n) is 5.20. The predicted octanol–water partition coefficient (Wildman–Crippen LogP) is 3.21. The van der Waals surface area contributed by atoms with Gasteiger partial charge in [0, 0.05) is 19.3 Å². The molecule has 1 aliphatic heterocycles. The molecule has 0 bridgehead atoms. The molecular formula is C19H20N6S. The Morgan fingerprint density at radius 1 is 1.12 bits per heavy atom. The van der Waals surface area contributed by atoms with E-state index in [0.29, 0.717) is 5.92 Å². The number of para-hydroxylation sites is 1. The summed E-state index contributed by atoms with van der Waals surface area (Å²) in [7, 11) is 0. The quantitative estimate of drug-likeness (QED) is 0.604. The zero-order valence-corrected chi connectivity index (χ0v) is 15.2. The van der Waals surface area contributed by atoms with Gasteiger partial charge in [-0.25, -0.2) is 15.0 Å². The molecule has 2 N–H and O–H groups in total. The lowest BCUT2D eigenvalue weighted by molar-refractivity contribution is 0.413. The molecule has 132 valence electrons. The van der Waals surface area contributed by atoms with Crippen molar-refractivity contribution in [3.63, 3.8) is 0 Å². The van der Waals surface area contributed by atoms with Crippen molar-refractivity contribution < 1.29 is 0 Å². The van der Waals surface area contributed by atoms with Crippen LogP contribution >= 0.6 is 11.3 Å². The van der Waals surface area contributed by atoms with Crippen LogP contribution in [-0.2, 0) is 0 Å². The van der Waals surface area contributed by atoms with Crippen molar-refractivity contribution in [2.75, 3.05) is 24.5 Å². The SMILES string of the molecule is NCC1CCN(c2ncnc3c2ccn3-c2nc3ccccc3s2)CC1. The minimum atomic E-state index is 0.635. The summed E-state index contributed by atoms with van der Waals surface area (Å²) in [6.45, 7) is 2.78. The number of aromatic nitrogens is 4. The number of nitrogens with zero attached hydrogens (tertiary/aromatic N) is 5. The van der Waals surface area contributed by atoms with E-state index in [1.54, 1.807) is 17.7 Å². The fraction of sp³-hybridized carbons (Fsp3) is 0.316. The van der Waals surface area contributed by atoms with Gasteiger partial charge in [-0.1, -0.05) is 23.5 Å². The van der Waals surface area contributed by atoms with E-state index in [1.807, 2.05) is 24.4 Å².